The second kappa shape index (κ2) is 8.33. The third-order valence-corrected chi connectivity index (χ3v) is 3.89. The second-order valence-electron chi connectivity index (χ2n) is 5.93. The molecule has 0 aliphatic carbocycles. The minimum Gasteiger partial charge on any atom is -0.495 e. The summed E-state index contributed by atoms with van der Waals surface area (Å²) in [6.45, 7) is 5.40. The number of hydrogen-bond acceptors (Lipinski definition) is 4. The molecular weight excluding hydrogens is 318 g/mol. The predicted octanol–water partition coefficient (Wildman–Crippen LogP) is 3.42. The minimum absolute atomic E-state index is 0.137. The van der Waals surface area contributed by atoms with E-state index in [1.807, 2.05) is 44.2 Å². The first kappa shape index (κ1) is 18.5. The SMILES string of the molecule is COc1ccc(C)cc1NC(=O)[C@H](C)OC(=O)Cc1ccccc1C. The van der Waals surface area contributed by atoms with Gasteiger partial charge in [-0.15, -0.1) is 0 Å². The second-order valence-corrected chi connectivity index (χ2v) is 5.93. The van der Waals surface area contributed by atoms with E-state index in [0.29, 0.717) is 11.4 Å². The first-order valence-electron chi connectivity index (χ1n) is 8.10. The lowest BCUT2D eigenvalue weighted by Crippen LogP contribution is -2.30. The number of methoxy groups -OCH3 is 1. The summed E-state index contributed by atoms with van der Waals surface area (Å²) in [4.78, 5) is 24.4. The van der Waals surface area contributed by atoms with Crippen LogP contribution in [0.3, 0.4) is 0 Å². The molecule has 1 atom stereocenters. The van der Waals surface area contributed by atoms with Gasteiger partial charge >= 0.3 is 5.97 Å². The van der Waals surface area contributed by atoms with E-state index in [-0.39, 0.29) is 6.42 Å². The number of esters is 1. The van der Waals surface area contributed by atoms with Crippen LogP contribution in [0.2, 0.25) is 0 Å². The molecule has 0 unspecified atom stereocenters. The van der Waals surface area contributed by atoms with E-state index < -0.39 is 18.0 Å². The summed E-state index contributed by atoms with van der Waals surface area (Å²) in [6, 6.07) is 13.1. The summed E-state index contributed by atoms with van der Waals surface area (Å²) in [5.41, 5.74) is 3.44. The van der Waals surface area contributed by atoms with Gasteiger partial charge in [-0.3, -0.25) is 9.59 Å². The number of aryl methyl sites for hydroxylation is 2. The van der Waals surface area contributed by atoms with Gasteiger partial charge in [0.05, 0.1) is 19.2 Å². The Labute approximate surface area is 148 Å². The Morgan fingerprint density at radius 1 is 1.12 bits per heavy atom. The molecule has 0 bridgehead atoms. The van der Waals surface area contributed by atoms with Crippen LogP contribution in [0.5, 0.6) is 5.75 Å². The number of anilines is 1. The van der Waals surface area contributed by atoms with Gasteiger partial charge in [-0.25, -0.2) is 0 Å². The molecule has 0 saturated carbocycles. The van der Waals surface area contributed by atoms with Crippen LogP contribution < -0.4 is 10.1 Å². The maximum atomic E-state index is 12.3. The Kier molecular flexibility index (Phi) is 6.17. The highest BCUT2D eigenvalue weighted by molar-refractivity contribution is 5.96. The number of amides is 1. The van der Waals surface area contributed by atoms with Crippen molar-refractivity contribution in [1.82, 2.24) is 0 Å². The number of rotatable bonds is 6. The molecule has 0 saturated heterocycles. The smallest absolute Gasteiger partial charge is 0.311 e. The average Bonchev–Trinajstić information content (AvgIpc) is 2.57. The lowest BCUT2D eigenvalue weighted by molar-refractivity contribution is -0.152. The fourth-order valence-corrected chi connectivity index (χ4v) is 2.41. The summed E-state index contributed by atoms with van der Waals surface area (Å²) in [5, 5.41) is 2.74. The molecule has 25 heavy (non-hydrogen) atoms. The number of hydrogen-bond donors (Lipinski definition) is 1. The molecule has 2 aromatic carbocycles. The molecule has 0 radical (unpaired) electrons. The molecule has 1 amide bonds. The van der Waals surface area contributed by atoms with Gasteiger partial charge in [-0.2, -0.15) is 0 Å². The molecule has 0 spiro atoms. The van der Waals surface area contributed by atoms with Gasteiger partial charge in [0.1, 0.15) is 5.75 Å². The molecule has 0 heterocycles. The zero-order valence-electron chi connectivity index (χ0n) is 15.0. The minimum atomic E-state index is -0.901. The zero-order valence-corrected chi connectivity index (χ0v) is 15.0. The first-order valence-corrected chi connectivity index (χ1v) is 8.10. The van der Waals surface area contributed by atoms with Crippen molar-refractivity contribution < 1.29 is 19.1 Å². The van der Waals surface area contributed by atoms with Gasteiger partial charge in [-0.05, 0) is 49.6 Å². The zero-order chi connectivity index (χ0) is 18.4. The van der Waals surface area contributed by atoms with Crippen molar-refractivity contribution in [2.75, 3.05) is 12.4 Å². The Balaban J connectivity index is 1.97. The van der Waals surface area contributed by atoms with Gasteiger partial charge in [-0.1, -0.05) is 30.3 Å². The van der Waals surface area contributed by atoms with Crippen molar-refractivity contribution in [2.24, 2.45) is 0 Å². The van der Waals surface area contributed by atoms with Crippen LogP contribution in [0.25, 0.3) is 0 Å². The van der Waals surface area contributed by atoms with E-state index in [4.69, 9.17) is 9.47 Å². The topological polar surface area (TPSA) is 64.6 Å². The third kappa shape index (κ3) is 5.08. The molecule has 0 aliphatic heterocycles. The molecule has 5 heteroatoms. The Morgan fingerprint density at radius 2 is 1.84 bits per heavy atom. The van der Waals surface area contributed by atoms with Crippen molar-refractivity contribution in [3.05, 3.63) is 59.2 Å². The first-order chi connectivity index (χ1) is 11.9. The fourth-order valence-electron chi connectivity index (χ4n) is 2.41. The van der Waals surface area contributed by atoms with Gasteiger partial charge in [0, 0.05) is 0 Å². The van der Waals surface area contributed by atoms with E-state index in [9.17, 15) is 9.59 Å². The van der Waals surface area contributed by atoms with Crippen molar-refractivity contribution in [1.29, 1.82) is 0 Å². The van der Waals surface area contributed by atoms with Crippen LogP contribution in [0.15, 0.2) is 42.5 Å². The van der Waals surface area contributed by atoms with Crippen molar-refractivity contribution in [3.63, 3.8) is 0 Å². The summed E-state index contributed by atoms with van der Waals surface area (Å²) in [7, 11) is 1.53. The van der Waals surface area contributed by atoms with Crippen molar-refractivity contribution in [2.45, 2.75) is 33.3 Å². The molecule has 2 aromatic rings. The fraction of sp³-hybridized carbons (Fsp3) is 0.300. The monoisotopic (exact) mass is 341 g/mol. The average molecular weight is 341 g/mol. The van der Waals surface area contributed by atoms with Gasteiger partial charge in [0.15, 0.2) is 6.10 Å². The highest BCUT2D eigenvalue weighted by atomic mass is 16.5. The lowest BCUT2D eigenvalue weighted by Gasteiger charge is -2.16. The molecule has 0 fully saturated rings. The summed E-state index contributed by atoms with van der Waals surface area (Å²) < 4.78 is 10.5. The molecule has 1 N–H and O–H groups in total. The maximum absolute atomic E-state index is 12.3. The summed E-state index contributed by atoms with van der Waals surface area (Å²) >= 11 is 0. The number of carbonyl (C=O) groups is 2. The lowest BCUT2D eigenvalue weighted by atomic mass is 10.1. The van der Waals surface area contributed by atoms with Crippen LogP contribution in [-0.4, -0.2) is 25.1 Å². The molecule has 2 rings (SSSR count). The number of benzene rings is 2. The predicted molar refractivity (Wildman–Crippen MR) is 96.8 cm³/mol. The van der Waals surface area contributed by atoms with Gasteiger partial charge in [0.25, 0.3) is 5.91 Å². The molecular formula is C20H23NO4. The summed E-state index contributed by atoms with van der Waals surface area (Å²) in [5.74, 6) is -0.285. The Hall–Kier alpha value is -2.82. The highest BCUT2D eigenvalue weighted by Crippen LogP contribution is 2.25. The quantitative estimate of drug-likeness (QED) is 0.818. The highest BCUT2D eigenvalue weighted by Gasteiger charge is 2.19. The van der Waals surface area contributed by atoms with E-state index in [0.717, 1.165) is 16.7 Å². The normalized spacial score (nSPS) is 11.5. The Bertz CT molecular complexity index is 770. The number of carbonyl (C=O) groups excluding carboxylic acids is 2. The molecule has 132 valence electrons. The largest absolute Gasteiger partial charge is 0.495 e. The van der Waals surface area contributed by atoms with Gasteiger partial charge < -0.3 is 14.8 Å². The molecule has 0 aliphatic rings. The van der Waals surface area contributed by atoms with E-state index in [1.165, 1.54) is 7.11 Å². The standard InChI is InChI=1S/C20H23NO4/c1-13-9-10-18(24-4)17(11-13)21-20(23)15(3)25-19(22)12-16-8-6-5-7-14(16)2/h5-11,15H,12H2,1-4H3,(H,21,23)/t15-/m0/s1. The van der Waals surface area contributed by atoms with Crippen LogP contribution in [-0.2, 0) is 20.7 Å². The van der Waals surface area contributed by atoms with E-state index >= 15 is 0 Å². The van der Waals surface area contributed by atoms with Crippen LogP contribution in [0.1, 0.15) is 23.6 Å². The van der Waals surface area contributed by atoms with E-state index in [1.54, 1.807) is 19.1 Å². The number of nitrogens with one attached hydrogen (secondary N) is 1. The third-order valence-electron chi connectivity index (χ3n) is 3.89. The van der Waals surface area contributed by atoms with Crippen LogP contribution in [0, 0.1) is 13.8 Å². The maximum Gasteiger partial charge on any atom is 0.311 e. The number of ether oxygens (including phenoxy) is 2. The van der Waals surface area contributed by atoms with Crippen molar-refractivity contribution >= 4 is 17.6 Å². The summed E-state index contributed by atoms with van der Waals surface area (Å²) in [6.07, 6.45) is -0.764. The molecule has 0 aromatic heterocycles. The van der Waals surface area contributed by atoms with Crippen molar-refractivity contribution in [3.8, 4) is 5.75 Å². The van der Waals surface area contributed by atoms with Crippen LogP contribution >= 0.6 is 0 Å². The molecule has 5 nitrogen and oxygen atoms in total. The van der Waals surface area contributed by atoms with Crippen LogP contribution in [0.4, 0.5) is 5.69 Å². The Morgan fingerprint density at radius 3 is 2.52 bits per heavy atom. The van der Waals surface area contributed by atoms with Gasteiger partial charge in [0.2, 0.25) is 0 Å². The van der Waals surface area contributed by atoms with E-state index in [2.05, 4.69) is 5.32 Å².